The first-order valence-corrected chi connectivity index (χ1v) is 6.25. The lowest BCUT2D eigenvalue weighted by Crippen LogP contribution is -2.30. The molecule has 0 N–H and O–H groups in total. The summed E-state index contributed by atoms with van der Waals surface area (Å²) in [6.07, 6.45) is -1.23. The van der Waals surface area contributed by atoms with E-state index in [2.05, 4.69) is 6.58 Å². The number of halogens is 3. The molecule has 0 unspecified atom stereocenters. The summed E-state index contributed by atoms with van der Waals surface area (Å²) in [5, 5.41) is 0. The summed E-state index contributed by atoms with van der Waals surface area (Å²) < 4.78 is 39.1. The molecule has 0 aromatic rings. The van der Waals surface area contributed by atoms with Gasteiger partial charge in [0.2, 0.25) is 0 Å². The zero-order chi connectivity index (χ0) is 14.8. The van der Waals surface area contributed by atoms with Crippen LogP contribution in [0.2, 0.25) is 0 Å². The van der Waals surface area contributed by atoms with Crippen molar-refractivity contribution in [3.05, 3.63) is 35.7 Å². The van der Waals surface area contributed by atoms with Gasteiger partial charge in [0.05, 0.1) is 5.57 Å². The quantitative estimate of drug-likeness (QED) is 0.773. The van der Waals surface area contributed by atoms with Crippen LogP contribution in [0.15, 0.2) is 35.7 Å². The van der Waals surface area contributed by atoms with Gasteiger partial charge in [-0.15, -0.1) is 0 Å². The highest BCUT2D eigenvalue weighted by atomic mass is 19.4. The predicted octanol–water partition coefficient (Wildman–Crippen LogP) is 3.55. The van der Waals surface area contributed by atoms with Crippen LogP contribution in [0.25, 0.3) is 0 Å². The Morgan fingerprint density at radius 2 is 1.89 bits per heavy atom. The Balaban J connectivity index is 3.05. The molecular formula is C14H21F3N2. The molecule has 0 fully saturated rings. The molecule has 0 atom stereocenters. The number of rotatable bonds is 4. The van der Waals surface area contributed by atoms with Crippen molar-refractivity contribution in [1.29, 1.82) is 0 Å². The fraction of sp³-hybridized carbons (Fsp3) is 0.571. The molecule has 1 aliphatic rings. The van der Waals surface area contributed by atoms with E-state index in [0.29, 0.717) is 24.2 Å². The van der Waals surface area contributed by atoms with Gasteiger partial charge in [0.1, 0.15) is 0 Å². The molecule has 1 aliphatic heterocycles. The van der Waals surface area contributed by atoms with Crippen LogP contribution < -0.4 is 0 Å². The summed E-state index contributed by atoms with van der Waals surface area (Å²) in [7, 11) is 3.69. The van der Waals surface area contributed by atoms with Gasteiger partial charge < -0.3 is 9.80 Å². The standard InChI is InChI=1S/C14H21F3N2/c1-10(2)19-9-12(6-7-18(4)5)13(8-11(19)3)14(15,16)17/h8-10H,3,6-7H2,1-2,4-5H3. The molecular weight excluding hydrogens is 253 g/mol. The first-order chi connectivity index (χ1) is 8.62. The number of allylic oxidation sites excluding steroid dienone is 2. The molecule has 0 spiro atoms. The summed E-state index contributed by atoms with van der Waals surface area (Å²) >= 11 is 0. The van der Waals surface area contributed by atoms with E-state index in [0.717, 1.165) is 6.08 Å². The SMILES string of the molecule is C=C1C=C(C(F)(F)F)C(CCN(C)C)=CN1C(C)C. The van der Waals surface area contributed by atoms with Gasteiger partial charge in [-0.2, -0.15) is 13.2 Å². The highest BCUT2D eigenvalue weighted by Gasteiger charge is 2.38. The van der Waals surface area contributed by atoms with Crippen molar-refractivity contribution in [2.45, 2.75) is 32.5 Å². The van der Waals surface area contributed by atoms with Crippen LogP contribution in [-0.4, -0.2) is 42.7 Å². The second-order valence-electron chi connectivity index (χ2n) is 5.26. The third-order valence-electron chi connectivity index (χ3n) is 2.97. The Kier molecular flexibility index (Phi) is 4.85. The van der Waals surface area contributed by atoms with Crippen LogP contribution in [0.3, 0.4) is 0 Å². The first kappa shape index (κ1) is 15.8. The summed E-state index contributed by atoms with van der Waals surface area (Å²) in [5.41, 5.74) is 0.134. The van der Waals surface area contributed by atoms with E-state index in [1.54, 1.807) is 11.1 Å². The highest BCUT2D eigenvalue weighted by molar-refractivity contribution is 5.44. The van der Waals surface area contributed by atoms with Gasteiger partial charge in [0.15, 0.2) is 0 Å². The Morgan fingerprint density at radius 1 is 1.32 bits per heavy atom. The normalized spacial score (nSPS) is 17.1. The lowest BCUT2D eigenvalue weighted by Gasteiger charge is -2.32. The molecule has 0 bridgehead atoms. The van der Waals surface area contributed by atoms with Crippen LogP contribution in [0.1, 0.15) is 20.3 Å². The Morgan fingerprint density at radius 3 is 2.32 bits per heavy atom. The maximum atomic E-state index is 13.0. The van der Waals surface area contributed by atoms with Crippen LogP contribution in [0, 0.1) is 0 Å². The molecule has 0 aliphatic carbocycles. The molecule has 0 saturated heterocycles. The topological polar surface area (TPSA) is 6.48 Å². The van der Waals surface area contributed by atoms with E-state index in [1.165, 1.54) is 0 Å². The first-order valence-electron chi connectivity index (χ1n) is 6.25. The fourth-order valence-electron chi connectivity index (χ4n) is 1.94. The number of hydrogen-bond acceptors (Lipinski definition) is 2. The molecule has 2 nitrogen and oxygen atoms in total. The molecule has 0 amide bonds. The molecule has 1 heterocycles. The zero-order valence-electron chi connectivity index (χ0n) is 11.9. The Labute approximate surface area is 112 Å². The highest BCUT2D eigenvalue weighted by Crippen LogP contribution is 2.37. The van der Waals surface area contributed by atoms with Crippen molar-refractivity contribution in [2.75, 3.05) is 20.6 Å². The van der Waals surface area contributed by atoms with Crippen molar-refractivity contribution in [1.82, 2.24) is 9.80 Å². The molecule has 0 aromatic heterocycles. The van der Waals surface area contributed by atoms with Crippen LogP contribution in [-0.2, 0) is 0 Å². The maximum Gasteiger partial charge on any atom is 0.416 e. The van der Waals surface area contributed by atoms with Gasteiger partial charge in [0, 0.05) is 24.5 Å². The van der Waals surface area contributed by atoms with Crippen LogP contribution in [0.5, 0.6) is 0 Å². The van der Waals surface area contributed by atoms with Crippen molar-refractivity contribution >= 4 is 0 Å². The van der Waals surface area contributed by atoms with Gasteiger partial charge in [-0.05, 0) is 46.0 Å². The van der Waals surface area contributed by atoms with Crippen LogP contribution >= 0.6 is 0 Å². The smallest absolute Gasteiger partial charge is 0.346 e. The molecule has 0 radical (unpaired) electrons. The van der Waals surface area contributed by atoms with E-state index in [1.807, 2.05) is 32.8 Å². The predicted molar refractivity (Wildman–Crippen MR) is 71.5 cm³/mol. The Hall–Kier alpha value is -1.23. The second-order valence-corrected chi connectivity index (χ2v) is 5.26. The summed E-state index contributed by atoms with van der Waals surface area (Å²) in [5.74, 6) is 0. The molecule has 5 heteroatoms. The average Bonchev–Trinajstić information content (AvgIpc) is 2.25. The van der Waals surface area contributed by atoms with Crippen LogP contribution in [0.4, 0.5) is 13.2 Å². The zero-order valence-corrected chi connectivity index (χ0v) is 11.9. The molecule has 108 valence electrons. The molecule has 19 heavy (non-hydrogen) atoms. The van der Waals surface area contributed by atoms with Gasteiger partial charge >= 0.3 is 6.18 Å². The number of alkyl halides is 3. The third-order valence-corrected chi connectivity index (χ3v) is 2.97. The van der Waals surface area contributed by atoms with E-state index >= 15 is 0 Å². The lowest BCUT2D eigenvalue weighted by atomic mass is 9.98. The van der Waals surface area contributed by atoms with Crippen molar-refractivity contribution in [3.8, 4) is 0 Å². The van der Waals surface area contributed by atoms with E-state index in [4.69, 9.17) is 0 Å². The van der Waals surface area contributed by atoms with E-state index < -0.39 is 11.7 Å². The average molecular weight is 274 g/mol. The van der Waals surface area contributed by atoms with E-state index in [-0.39, 0.29) is 6.04 Å². The van der Waals surface area contributed by atoms with Gasteiger partial charge in [-0.25, -0.2) is 0 Å². The molecule has 1 rings (SSSR count). The summed E-state index contributed by atoms with van der Waals surface area (Å²) in [4.78, 5) is 3.65. The monoisotopic (exact) mass is 274 g/mol. The maximum absolute atomic E-state index is 13.0. The number of hydrogen-bond donors (Lipinski definition) is 0. The largest absolute Gasteiger partial charge is 0.416 e. The van der Waals surface area contributed by atoms with Gasteiger partial charge in [-0.1, -0.05) is 6.58 Å². The van der Waals surface area contributed by atoms with Gasteiger partial charge in [-0.3, -0.25) is 0 Å². The van der Waals surface area contributed by atoms with Crippen molar-refractivity contribution < 1.29 is 13.2 Å². The third kappa shape index (κ3) is 4.13. The molecule has 0 aromatic carbocycles. The van der Waals surface area contributed by atoms with E-state index in [9.17, 15) is 13.2 Å². The lowest BCUT2D eigenvalue weighted by molar-refractivity contribution is -0.0902. The summed E-state index contributed by atoms with van der Waals surface area (Å²) in [6, 6.07) is 0.0906. The van der Waals surface area contributed by atoms with Crippen molar-refractivity contribution in [3.63, 3.8) is 0 Å². The fourth-order valence-corrected chi connectivity index (χ4v) is 1.94. The Bertz CT molecular complexity index is 403. The summed E-state index contributed by atoms with van der Waals surface area (Å²) in [6.45, 7) is 8.14. The minimum atomic E-state index is -4.33. The molecule has 0 saturated carbocycles. The van der Waals surface area contributed by atoms with Crippen molar-refractivity contribution in [2.24, 2.45) is 0 Å². The second kappa shape index (κ2) is 5.82. The minimum absolute atomic E-state index is 0.0906. The number of nitrogens with zero attached hydrogens (tertiary/aromatic N) is 2. The minimum Gasteiger partial charge on any atom is -0.346 e. The van der Waals surface area contributed by atoms with Gasteiger partial charge in [0.25, 0.3) is 0 Å².